The molecule has 0 saturated carbocycles. The first kappa shape index (κ1) is 94.1. The van der Waals surface area contributed by atoms with Crippen molar-refractivity contribution in [1.29, 1.82) is 0 Å². The molecule has 0 spiro atoms. The van der Waals surface area contributed by atoms with E-state index in [-0.39, 0.29) is 25.7 Å². The van der Waals surface area contributed by atoms with E-state index in [0.29, 0.717) is 31.6 Å². The number of phosphoric acid groups is 2. The summed E-state index contributed by atoms with van der Waals surface area (Å²) in [6.07, 6.45) is 60.0. The molecule has 5 atom stereocenters. The van der Waals surface area contributed by atoms with E-state index < -0.39 is 97.5 Å². The van der Waals surface area contributed by atoms with Gasteiger partial charge in [0.1, 0.15) is 19.3 Å². The average molecular weight is 1410 g/mol. The number of hydrogen-bond donors (Lipinski definition) is 3. The second-order valence-corrected chi connectivity index (χ2v) is 31.1. The van der Waals surface area contributed by atoms with Crippen LogP contribution in [-0.2, 0) is 65.4 Å². The normalized spacial score (nSPS) is 13.9. The summed E-state index contributed by atoms with van der Waals surface area (Å²) in [6.45, 7) is 7.21. The Kier molecular flexibility index (Phi) is 68.7. The number of carbonyl (C=O) groups is 4. The predicted octanol–water partition coefficient (Wildman–Crippen LogP) is 22.9. The Labute approximate surface area is 588 Å². The molecule has 2 unspecified atom stereocenters. The lowest BCUT2D eigenvalue weighted by Gasteiger charge is -2.21. The maximum atomic E-state index is 13.1. The van der Waals surface area contributed by atoms with E-state index in [1.54, 1.807) is 0 Å². The SMILES string of the molecule is CCCCCCCCCCCCCCCCCCCCCCCCC(=O)O[C@H](COC(=O)CCCCCCCCCCCCCCCCC)COP(=O)(O)OC[C@@H](O)COP(=O)(O)OC[C@@H](COC(=O)CCCCCCCCCCC)OC(=O)CCCCCCCCCC(C)C. The molecule has 0 aliphatic rings. The van der Waals surface area contributed by atoms with E-state index in [9.17, 15) is 43.2 Å². The Bertz CT molecular complexity index is 1840. The molecule has 0 aromatic heterocycles. The first-order chi connectivity index (χ1) is 46.5. The molecule has 96 heavy (non-hydrogen) atoms. The molecule has 0 aromatic rings. The molecule has 0 amide bonds. The molecule has 0 heterocycles. The Morgan fingerprint density at radius 1 is 0.281 bits per heavy atom. The molecule has 0 radical (unpaired) electrons. The second-order valence-electron chi connectivity index (χ2n) is 28.2. The van der Waals surface area contributed by atoms with E-state index in [2.05, 4.69) is 34.6 Å². The van der Waals surface area contributed by atoms with Crippen molar-refractivity contribution < 1.29 is 80.2 Å². The number of carbonyl (C=O) groups excluding carboxylic acids is 4. The van der Waals surface area contributed by atoms with E-state index >= 15 is 0 Å². The van der Waals surface area contributed by atoms with Gasteiger partial charge < -0.3 is 33.8 Å². The van der Waals surface area contributed by atoms with E-state index in [0.717, 1.165) is 89.9 Å². The molecule has 3 N–H and O–H groups in total. The van der Waals surface area contributed by atoms with Crippen LogP contribution in [-0.4, -0.2) is 96.7 Å². The number of phosphoric ester groups is 2. The fraction of sp³-hybridized carbons (Fsp3) is 0.948. The van der Waals surface area contributed by atoms with Gasteiger partial charge in [-0.25, -0.2) is 9.13 Å². The van der Waals surface area contributed by atoms with Crippen LogP contribution in [0.2, 0.25) is 0 Å². The number of rotatable bonds is 77. The molecule has 0 aliphatic carbocycles. The Balaban J connectivity index is 5.16. The highest BCUT2D eigenvalue weighted by Gasteiger charge is 2.30. The van der Waals surface area contributed by atoms with Gasteiger partial charge in [0.15, 0.2) is 12.2 Å². The number of ether oxygens (including phenoxy) is 4. The van der Waals surface area contributed by atoms with Gasteiger partial charge in [-0.3, -0.25) is 37.3 Å². The highest BCUT2D eigenvalue weighted by atomic mass is 31.2. The molecule has 0 saturated heterocycles. The maximum absolute atomic E-state index is 13.1. The summed E-state index contributed by atoms with van der Waals surface area (Å²) < 4.78 is 68.5. The van der Waals surface area contributed by atoms with Crippen molar-refractivity contribution >= 4 is 39.5 Å². The van der Waals surface area contributed by atoms with Crippen molar-refractivity contribution in [3.63, 3.8) is 0 Å². The minimum atomic E-state index is -4.96. The zero-order valence-corrected chi connectivity index (χ0v) is 64.3. The summed E-state index contributed by atoms with van der Waals surface area (Å²) in [4.78, 5) is 72.7. The molecular formula is C77H150O17P2. The van der Waals surface area contributed by atoms with Gasteiger partial charge in [-0.05, 0) is 31.6 Å². The number of aliphatic hydroxyl groups excluding tert-OH is 1. The minimum Gasteiger partial charge on any atom is -0.462 e. The third kappa shape index (κ3) is 70.5. The fourth-order valence-electron chi connectivity index (χ4n) is 11.9. The lowest BCUT2D eigenvalue weighted by molar-refractivity contribution is -0.161. The molecular weight excluding hydrogens is 1260 g/mol. The number of esters is 4. The summed E-state index contributed by atoms with van der Waals surface area (Å²) in [7, 11) is -9.91. The maximum Gasteiger partial charge on any atom is 0.472 e. The average Bonchev–Trinajstić information content (AvgIpc) is 1.52. The van der Waals surface area contributed by atoms with Crippen molar-refractivity contribution in [2.24, 2.45) is 5.92 Å². The lowest BCUT2D eigenvalue weighted by atomic mass is 10.0. The fourth-order valence-corrected chi connectivity index (χ4v) is 13.5. The summed E-state index contributed by atoms with van der Waals surface area (Å²) in [5, 5.41) is 10.6. The summed E-state index contributed by atoms with van der Waals surface area (Å²) in [5.74, 6) is -1.42. The first-order valence-corrected chi connectivity index (χ1v) is 43.1. The van der Waals surface area contributed by atoms with Crippen LogP contribution in [0.25, 0.3) is 0 Å². The van der Waals surface area contributed by atoms with E-state index in [1.807, 2.05) is 0 Å². The number of unbranched alkanes of at least 4 members (excludes halogenated alkanes) is 49. The Morgan fingerprint density at radius 3 is 0.708 bits per heavy atom. The summed E-state index contributed by atoms with van der Waals surface area (Å²) >= 11 is 0. The zero-order valence-electron chi connectivity index (χ0n) is 62.5. The van der Waals surface area contributed by atoms with Crippen LogP contribution in [0, 0.1) is 5.92 Å². The minimum absolute atomic E-state index is 0.104. The van der Waals surface area contributed by atoms with Gasteiger partial charge in [-0.2, -0.15) is 0 Å². The summed E-state index contributed by atoms with van der Waals surface area (Å²) in [6, 6.07) is 0. The second kappa shape index (κ2) is 70.1. The van der Waals surface area contributed by atoms with Crippen LogP contribution >= 0.6 is 15.6 Å². The van der Waals surface area contributed by atoms with Crippen LogP contribution in [0.5, 0.6) is 0 Å². The van der Waals surface area contributed by atoms with Gasteiger partial charge in [-0.1, -0.05) is 356 Å². The van der Waals surface area contributed by atoms with Gasteiger partial charge in [0.05, 0.1) is 26.4 Å². The van der Waals surface area contributed by atoms with Gasteiger partial charge in [0.2, 0.25) is 0 Å². The Hall–Kier alpha value is -1.94. The van der Waals surface area contributed by atoms with Crippen molar-refractivity contribution in [1.82, 2.24) is 0 Å². The largest absolute Gasteiger partial charge is 0.472 e. The van der Waals surface area contributed by atoms with Crippen molar-refractivity contribution in [3.05, 3.63) is 0 Å². The summed E-state index contributed by atoms with van der Waals surface area (Å²) in [5.41, 5.74) is 0. The van der Waals surface area contributed by atoms with Crippen molar-refractivity contribution in [2.75, 3.05) is 39.6 Å². The van der Waals surface area contributed by atoms with Crippen LogP contribution in [0.4, 0.5) is 0 Å². The van der Waals surface area contributed by atoms with E-state index in [4.69, 9.17) is 37.0 Å². The zero-order chi connectivity index (χ0) is 70.5. The van der Waals surface area contributed by atoms with Gasteiger partial charge >= 0.3 is 39.5 Å². The predicted molar refractivity (Wildman–Crippen MR) is 391 cm³/mol. The molecule has 0 aliphatic heterocycles. The topological polar surface area (TPSA) is 237 Å². The van der Waals surface area contributed by atoms with Crippen LogP contribution < -0.4 is 0 Å². The monoisotopic (exact) mass is 1410 g/mol. The lowest BCUT2D eigenvalue weighted by Crippen LogP contribution is -2.30. The smallest absolute Gasteiger partial charge is 0.462 e. The molecule has 17 nitrogen and oxygen atoms in total. The number of aliphatic hydroxyl groups is 1. The van der Waals surface area contributed by atoms with Gasteiger partial charge in [-0.15, -0.1) is 0 Å². The Morgan fingerprint density at radius 2 is 0.479 bits per heavy atom. The third-order valence-electron chi connectivity index (χ3n) is 18.0. The standard InChI is InChI=1S/C77H150O17P2/c1-6-9-12-15-18-21-23-25-27-28-29-30-31-32-33-35-37-39-42-47-52-57-62-76(81)93-72(66-88-75(80)61-56-51-46-41-38-36-34-26-24-22-19-16-13-10-7-2)68-91-95(83,84)89-64-71(78)65-90-96(85,86)92-69-73(67-87-74(79)60-55-50-45-40-20-17-14-11-8-3)94-77(82)63-58-53-48-43-44-49-54-59-70(4)5/h70-73,78H,6-69H2,1-5H3,(H,83,84)(H,85,86)/t71-,72-,73-/m1/s1. The van der Waals surface area contributed by atoms with Crippen molar-refractivity contribution in [2.45, 2.75) is 425 Å². The third-order valence-corrected chi connectivity index (χ3v) is 19.9. The van der Waals surface area contributed by atoms with Crippen molar-refractivity contribution in [3.8, 4) is 0 Å². The quantitative estimate of drug-likeness (QED) is 0.0222. The molecule has 0 rings (SSSR count). The molecule has 570 valence electrons. The molecule has 19 heteroatoms. The first-order valence-electron chi connectivity index (χ1n) is 40.1. The highest BCUT2D eigenvalue weighted by molar-refractivity contribution is 7.47. The van der Waals surface area contributed by atoms with Crippen LogP contribution in [0.3, 0.4) is 0 Å². The van der Waals surface area contributed by atoms with Gasteiger partial charge in [0, 0.05) is 25.7 Å². The molecule has 0 fully saturated rings. The molecule has 0 bridgehead atoms. The van der Waals surface area contributed by atoms with E-state index in [1.165, 1.54) is 231 Å². The number of hydrogen-bond acceptors (Lipinski definition) is 15. The van der Waals surface area contributed by atoms with Crippen LogP contribution in [0.1, 0.15) is 407 Å². The molecule has 0 aromatic carbocycles. The van der Waals surface area contributed by atoms with Crippen LogP contribution in [0.15, 0.2) is 0 Å². The highest BCUT2D eigenvalue weighted by Crippen LogP contribution is 2.45. The van der Waals surface area contributed by atoms with Gasteiger partial charge in [0.25, 0.3) is 0 Å².